The van der Waals surface area contributed by atoms with Crippen molar-refractivity contribution in [1.29, 1.82) is 0 Å². The summed E-state index contributed by atoms with van der Waals surface area (Å²) < 4.78 is 23.7. The summed E-state index contributed by atoms with van der Waals surface area (Å²) in [6, 6.07) is -0.846. The Morgan fingerprint density at radius 1 is 0.532 bits per heavy atom. The van der Waals surface area contributed by atoms with Crippen molar-refractivity contribution < 1.29 is 32.9 Å². The molecule has 0 fully saturated rings. The predicted octanol–water partition coefficient (Wildman–Crippen LogP) is 15.6. The Morgan fingerprint density at radius 3 is 1.24 bits per heavy atom. The smallest absolute Gasteiger partial charge is 0.387 e. The summed E-state index contributed by atoms with van der Waals surface area (Å²) in [5.74, 6) is -0.177. The van der Waals surface area contributed by atoms with Gasteiger partial charge in [0.25, 0.3) is 0 Å². The number of carbonyl (C=O) groups is 1. The van der Waals surface area contributed by atoms with Gasteiger partial charge >= 0.3 is 7.82 Å². The molecule has 3 unspecified atom stereocenters. The highest BCUT2D eigenvalue weighted by atomic mass is 31.2. The summed E-state index contributed by atoms with van der Waals surface area (Å²) >= 11 is 0. The van der Waals surface area contributed by atoms with Crippen LogP contribution in [-0.4, -0.2) is 73.4 Å². The van der Waals surface area contributed by atoms with Gasteiger partial charge in [0.1, 0.15) is 13.2 Å². The summed E-state index contributed by atoms with van der Waals surface area (Å²) in [6.07, 6.45) is 55.5. The van der Waals surface area contributed by atoms with Crippen molar-refractivity contribution in [1.82, 2.24) is 5.32 Å². The van der Waals surface area contributed by atoms with Gasteiger partial charge < -0.3 is 19.8 Å². The maximum atomic E-state index is 12.9. The molecule has 0 bridgehead atoms. The number of phosphoric acid groups is 1. The van der Waals surface area contributed by atoms with Crippen LogP contribution in [-0.2, 0) is 18.4 Å². The zero-order chi connectivity index (χ0) is 45.7. The molecule has 0 rings (SSSR count). The van der Waals surface area contributed by atoms with Gasteiger partial charge in [-0.1, -0.05) is 231 Å². The van der Waals surface area contributed by atoms with Gasteiger partial charge in [-0.2, -0.15) is 0 Å². The molecule has 9 heteroatoms. The molecule has 0 aliphatic rings. The van der Waals surface area contributed by atoms with E-state index in [0.29, 0.717) is 17.4 Å². The maximum absolute atomic E-state index is 12.9. The van der Waals surface area contributed by atoms with Crippen molar-refractivity contribution in [2.75, 3.05) is 40.9 Å². The zero-order valence-corrected chi connectivity index (χ0v) is 42.8. The minimum absolute atomic E-state index is 0.0624. The lowest BCUT2D eigenvalue weighted by atomic mass is 10.0. The fourth-order valence-electron chi connectivity index (χ4n) is 7.92. The first-order valence-electron chi connectivity index (χ1n) is 26.7. The number of amides is 1. The Bertz CT molecular complexity index is 1060. The SMILES string of the molecule is CCCCCCCCCCCCCC/C=C\CCCCCCCCCCC(=O)NC(COP(=O)(O)OCC[N+](C)(C)C)C(O)/C=C/CCCCCCCCCCCCCCCC. The Kier molecular flexibility index (Phi) is 44.4. The molecule has 368 valence electrons. The van der Waals surface area contributed by atoms with Crippen LogP contribution in [0.5, 0.6) is 0 Å². The molecule has 0 aromatic heterocycles. The van der Waals surface area contributed by atoms with E-state index < -0.39 is 20.0 Å². The fraction of sp³-hybridized carbons (Fsp3) is 0.906. The topological polar surface area (TPSA) is 105 Å². The monoisotopic (exact) mass is 898 g/mol. The average molecular weight is 898 g/mol. The van der Waals surface area contributed by atoms with Crippen LogP contribution in [0.15, 0.2) is 24.3 Å². The van der Waals surface area contributed by atoms with Gasteiger partial charge in [0.15, 0.2) is 0 Å². The van der Waals surface area contributed by atoms with E-state index in [1.165, 1.54) is 199 Å². The number of phosphoric ester groups is 1. The Balaban J connectivity index is 4.23. The van der Waals surface area contributed by atoms with Crippen molar-refractivity contribution in [2.24, 2.45) is 0 Å². The first-order chi connectivity index (χ1) is 30.0. The van der Waals surface area contributed by atoms with Crippen LogP contribution in [0.3, 0.4) is 0 Å². The van der Waals surface area contributed by atoms with Crippen LogP contribution in [0.1, 0.15) is 258 Å². The molecule has 0 spiro atoms. The van der Waals surface area contributed by atoms with Crippen molar-refractivity contribution in [3.05, 3.63) is 24.3 Å². The molecule has 0 aliphatic heterocycles. The normalized spacial score (nSPS) is 14.2. The van der Waals surface area contributed by atoms with Gasteiger partial charge in [-0.15, -0.1) is 0 Å². The Morgan fingerprint density at radius 2 is 0.871 bits per heavy atom. The van der Waals surface area contributed by atoms with E-state index in [9.17, 15) is 19.4 Å². The maximum Gasteiger partial charge on any atom is 0.472 e. The van der Waals surface area contributed by atoms with Crippen molar-refractivity contribution in [3.8, 4) is 0 Å². The van der Waals surface area contributed by atoms with Crippen molar-refractivity contribution in [2.45, 2.75) is 270 Å². The Labute approximate surface area is 385 Å². The number of aliphatic hydroxyl groups excluding tert-OH is 1. The van der Waals surface area contributed by atoms with E-state index in [0.717, 1.165) is 38.5 Å². The minimum atomic E-state index is -4.34. The molecule has 3 N–H and O–H groups in total. The number of aliphatic hydroxyl groups is 1. The number of hydrogen-bond donors (Lipinski definition) is 3. The van der Waals surface area contributed by atoms with Gasteiger partial charge in [0, 0.05) is 6.42 Å². The van der Waals surface area contributed by atoms with Gasteiger partial charge in [0.05, 0.1) is 39.9 Å². The highest BCUT2D eigenvalue weighted by Crippen LogP contribution is 2.43. The highest BCUT2D eigenvalue weighted by molar-refractivity contribution is 7.47. The number of likely N-dealkylation sites (N-methyl/N-ethyl adjacent to an activating group) is 1. The third-order valence-electron chi connectivity index (χ3n) is 12.2. The highest BCUT2D eigenvalue weighted by Gasteiger charge is 2.27. The van der Waals surface area contributed by atoms with E-state index in [2.05, 4.69) is 31.3 Å². The second-order valence-electron chi connectivity index (χ2n) is 19.6. The van der Waals surface area contributed by atoms with E-state index >= 15 is 0 Å². The number of allylic oxidation sites excluding steroid dienone is 3. The molecule has 1 amide bonds. The third-order valence-corrected chi connectivity index (χ3v) is 13.1. The standard InChI is InChI=1S/C53H105N2O6P/c1-6-8-10-12-14-16-18-20-22-24-25-26-27-28-29-30-31-33-35-37-39-41-43-45-47-53(57)54-51(50-61-62(58,59)60-49-48-55(3,4)5)52(56)46-44-42-40-38-36-34-32-23-21-19-17-15-13-11-9-7-2/h28-29,44,46,51-52,56H,6-27,30-43,45,47-50H2,1-5H3,(H-,54,57,58,59)/p+1/b29-28-,46-44+. The van der Waals surface area contributed by atoms with Gasteiger partial charge in [-0.25, -0.2) is 4.57 Å². The molecule has 0 aromatic carbocycles. The van der Waals surface area contributed by atoms with Crippen LogP contribution < -0.4 is 5.32 Å². The molecule has 0 saturated heterocycles. The summed E-state index contributed by atoms with van der Waals surface area (Å²) in [7, 11) is 1.58. The third kappa shape index (κ3) is 47.0. The zero-order valence-electron chi connectivity index (χ0n) is 41.9. The lowest BCUT2D eigenvalue weighted by Gasteiger charge is -2.25. The average Bonchev–Trinajstić information content (AvgIpc) is 3.23. The second kappa shape index (κ2) is 45.1. The number of hydrogen-bond acceptors (Lipinski definition) is 5. The molecule has 0 saturated carbocycles. The quantitative estimate of drug-likeness (QED) is 0.0243. The number of carbonyl (C=O) groups excluding carboxylic acids is 1. The largest absolute Gasteiger partial charge is 0.472 e. The van der Waals surface area contributed by atoms with Crippen LogP contribution in [0.25, 0.3) is 0 Å². The van der Waals surface area contributed by atoms with E-state index in [1.807, 2.05) is 27.2 Å². The Hall–Kier alpha value is -1.02. The van der Waals surface area contributed by atoms with Gasteiger partial charge in [-0.05, 0) is 44.9 Å². The van der Waals surface area contributed by atoms with Crippen LogP contribution in [0, 0.1) is 0 Å². The number of rotatable bonds is 49. The molecule has 8 nitrogen and oxygen atoms in total. The number of nitrogens with zero attached hydrogens (tertiary/aromatic N) is 1. The molecule has 0 aromatic rings. The molecule has 0 heterocycles. The number of quaternary nitrogens is 1. The lowest BCUT2D eigenvalue weighted by Crippen LogP contribution is -2.45. The van der Waals surface area contributed by atoms with Gasteiger partial charge in [-0.3, -0.25) is 13.8 Å². The minimum Gasteiger partial charge on any atom is -0.387 e. The summed E-state index contributed by atoms with van der Waals surface area (Å²) in [5.41, 5.74) is 0. The predicted molar refractivity (Wildman–Crippen MR) is 268 cm³/mol. The number of unbranched alkanes of at least 4 members (excludes halogenated alkanes) is 34. The van der Waals surface area contributed by atoms with E-state index in [1.54, 1.807) is 6.08 Å². The second-order valence-corrected chi connectivity index (χ2v) is 21.1. The molecule has 3 atom stereocenters. The molecule has 62 heavy (non-hydrogen) atoms. The van der Waals surface area contributed by atoms with Crippen LogP contribution >= 0.6 is 7.82 Å². The fourth-order valence-corrected chi connectivity index (χ4v) is 8.66. The molecular weight excluding hydrogens is 792 g/mol. The first-order valence-corrected chi connectivity index (χ1v) is 28.2. The van der Waals surface area contributed by atoms with Crippen molar-refractivity contribution >= 4 is 13.7 Å². The van der Waals surface area contributed by atoms with E-state index in [4.69, 9.17) is 9.05 Å². The first kappa shape index (κ1) is 61.0. The van der Waals surface area contributed by atoms with Crippen LogP contribution in [0.2, 0.25) is 0 Å². The summed E-state index contributed by atoms with van der Waals surface area (Å²) in [4.78, 5) is 23.2. The molecular formula is C53H106N2O6P+. The van der Waals surface area contributed by atoms with Gasteiger partial charge in [0.2, 0.25) is 5.91 Å². The van der Waals surface area contributed by atoms with Crippen molar-refractivity contribution in [3.63, 3.8) is 0 Å². The lowest BCUT2D eigenvalue weighted by molar-refractivity contribution is -0.870. The molecule has 0 radical (unpaired) electrons. The summed E-state index contributed by atoms with van der Waals surface area (Å²) in [5, 5.41) is 13.9. The number of nitrogens with one attached hydrogen (secondary N) is 1. The van der Waals surface area contributed by atoms with Crippen LogP contribution in [0.4, 0.5) is 0 Å². The van der Waals surface area contributed by atoms with E-state index in [-0.39, 0.29) is 19.1 Å². The molecule has 0 aliphatic carbocycles. The summed E-state index contributed by atoms with van der Waals surface area (Å²) in [6.45, 7) is 4.84.